The third-order valence-electron chi connectivity index (χ3n) is 15.2. The molecule has 532 valence electrons. The predicted molar refractivity (Wildman–Crippen MR) is 343 cm³/mol. The number of rotatable bonds is 24. The lowest BCUT2D eigenvalue weighted by Crippen LogP contribution is -2.64. The van der Waals surface area contributed by atoms with Gasteiger partial charge >= 0.3 is 11.9 Å². The number of carbonyl (C=O) groups excluding carboxylic acids is 13. The van der Waals surface area contributed by atoms with Gasteiger partial charge in [0.05, 0.1) is 30.9 Å². The van der Waals surface area contributed by atoms with Gasteiger partial charge < -0.3 is 106 Å². The zero-order valence-electron chi connectivity index (χ0n) is 55.2. The van der Waals surface area contributed by atoms with Gasteiger partial charge in [-0.05, 0) is 74.0 Å². The minimum absolute atomic E-state index is 0.00315. The molecular weight excluding hydrogens is 1260 g/mol. The van der Waals surface area contributed by atoms with Gasteiger partial charge in [0, 0.05) is 6.54 Å². The summed E-state index contributed by atoms with van der Waals surface area (Å²) < 4.78 is 11.2. The van der Waals surface area contributed by atoms with Gasteiger partial charge in [0.1, 0.15) is 61.0 Å². The maximum absolute atomic E-state index is 15.4. The molecule has 1 saturated heterocycles. The summed E-state index contributed by atoms with van der Waals surface area (Å²) in [5.74, 6) is -19.0. The molecule has 0 radical (unpaired) electrons. The molecule has 1 fully saturated rings. The number of benzene rings is 2. The van der Waals surface area contributed by atoms with E-state index in [4.69, 9.17) is 32.1 Å². The quantitative estimate of drug-likeness (QED) is 0.0202. The summed E-state index contributed by atoms with van der Waals surface area (Å²) in [7, 11) is 0. The third kappa shape index (κ3) is 25.7. The van der Waals surface area contributed by atoms with Crippen LogP contribution in [-0.2, 0) is 67.0 Å². The number of esters is 2. The van der Waals surface area contributed by atoms with E-state index in [1.54, 1.807) is 59.7 Å². The molecular formula is C62H95N15O19. The number of cyclic esters (lactones) is 1. The fourth-order valence-electron chi connectivity index (χ4n) is 9.56. The molecule has 0 saturated carbocycles. The van der Waals surface area contributed by atoms with E-state index in [9.17, 15) is 78.0 Å². The Labute approximate surface area is 555 Å². The molecule has 0 bridgehead atoms. The smallest absolute Gasteiger partial charge is 0.338 e. The SMILES string of the molecule is CC[C@H](C)C1NC(=O)[C@@H](CCCNC(=N)N)NC(=O)[C@H](CC(C)C)NC(=O)[C@H]([C@H](O)C(C)C)NC(=O)[C@@H](NC(=O)[C@H](CC(C)C)NC(=O)[C@H](N)COC(=O)c2ccccc2)[C@@H](c2ccccc2)OC(=O)[C@H](CO)NC(=O)[C@H]([C@H](O)C(N)=O)NC(=O)CNC(=O)C([C@H](C)O)NC1=O. The normalized spacial score (nSPS) is 23.7. The Morgan fingerprint density at radius 2 is 1.22 bits per heavy atom. The van der Waals surface area contributed by atoms with Gasteiger partial charge in [0.2, 0.25) is 65.0 Å². The first-order valence-corrected chi connectivity index (χ1v) is 31.4. The van der Waals surface area contributed by atoms with Crippen molar-refractivity contribution in [2.24, 2.45) is 40.9 Å². The molecule has 34 heteroatoms. The Hall–Kier alpha value is -9.38. The molecule has 96 heavy (non-hydrogen) atoms. The van der Waals surface area contributed by atoms with Crippen molar-refractivity contribution in [3.63, 3.8) is 0 Å². The molecule has 1 aliphatic heterocycles. The summed E-state index contributed by atoms with van der Waals surface area (Å²) in [6.45, 7) is 10.8. The molecule has 15 atom stereocenters. The molecule has 3 rings (SSSR count). The van der Waals surface area contributed by atoms with E-state index in [2.05, 4.69) is 47.9 Å². The van der Waals surface area contributed by atoms with Crippen LogP contribution in [-0.4, -0.2) is 208 Å². The Morgan fingerprint density at radius 3 is 1.77 bits per heavy atom. The Morgan fingerprint density at radius 1 is 0.667 bits per heavy atom. The van der Waals surface area contributed by atoms with Gasteiger partial charge in [-0.2, -0.15) is 0 Å². The summed E-state index contributed by atoms with van der Waals surface area (Å²) in [6, 6.07) is -4.18. The highest BCUT2D eigenvalue weighted by atomic mass is 16.5. The summed E-state index contributed by atoms with van der Waals surface area (Å²) >= 11 is 0. The minimum atomic E-state index is -2.60. The van der Waals surface area contributed by atoms with Crippen LogP contribution in [0, 0.1) is 29.1 Å². The second kappa shape index (κ2) is 39.5. The van der Waals surface area contributed by atoms with Crippen molar-refractivity contribution in [1.82, 2.24) is 58.5 Å². The van der Waals surface area contributed by atoms with E-state index in [0.717, 1.165) is 6.92 Å². The molecule has 0 aromatic heterocycles. The maximum atomic E-state index is 15.4. The van der Waals surface area contributed by atoms with E-state index in [-0.39, 0.29) is 49.8 Å². The topological polar surface area (TPSA) is 556 Å². The Balaban J connectivity index is 2.38. The van der Waals surface area contributed by atoms with Crippen molar-refractivity contribution >= 4 is 82.9 Å². The molecule has 11 amide bonds. The lowest BCUT2D eigenvalue weighted by atomic mass is 9.95. The third-order valence-corrected chi connectivity index (χ3v) is 15.2. The van der Waals surface area contributed by atoms with Gasteiger partial charge in [-0.15, -0.1) is 0 Å². The van der Waals surface area contributed by atoms with Crippen LogP contribution in [0.4, 0.5) is 0 Å². The van der Waals surface area contributed by atoms with E-state index >= 15 is 4.79 Å². The number of nitrogens with one attached hydrogen (secondary N) is 12. The number of hydrogen-bond acceptors (Lipinski definition) is 21. The number of carbonyl (C=O) groups is 13. The van der Waals surface area contributed by atoms with Crippen LogP contribution in [0.15, 0.2) is 60.7 Å². The van der Waals surface area contributed by atoms with Crippen molar-refractivity contribution in [2.75, 3.05) is 26.3 Å². The fourth-order valence-corrected chi connectivity index (χ4v) is 9.56. The highest BCUT2D eigenvalue weighted by Gasteiger charge is 2.44. The minimum Gasteiger partial charge on any atom is -0.460 e. The monoisotopic (exact) mass is 1350 g/mol. The molecule has 2 aromatic rings. The summed E-state index contributed by atoms with van der Waals surface area (Å²) in [5.41, 5.74) is 17.0. The van der Waals surface area contributed by atoms with Crippen LogP contribution in [0.5, 0.6) is 0 Å². The molecule has 34 nitrogen and oxygen atoms in total. The zero-order valence-corrected chi connectivity index (χ0v) is 55.2. The molecule has 0 aliphatic carbocycles. The maximum Gasteiger partial charge on any atom is 0.338 e. The molecule has 0 spiro atoms. The highest BCUT2D eigenvalue weighted by Crippen LogP contribution is 2.25. The molecule has 2 aromatic carbocycles. The van der Waals surface area contributed by atoms with E-state index in [1.165, 1.54) is 56.3 Å². The zero-order chi connectivity index (χ0) is 72.3. The van der Waals surface area contributed by atoms with E-state index in [1.807, 2.05) is 10.6 Å². The molecule has 1 heterocycles. The summed E-state index contributed by atoms with van der Waals surface area (Å²) in [5, 5.41) is 78.1. The Kier molecular flexibility index (Phi) is 33.2. The average molecular weight is 1350 g/mol. The average Bonchev–Trinajstić information content (AvgIpc) is 0.824. The fraction of sp³-hybridized carbons (Fsp3) is 0.581. The first-order chi connectivity index (χ1) is 45.1. The number of nitrogens with two attached hydrogens (primary N) is 3. The van der Waals surface area contributed by atoms with E-state index in [0.29, 0.717) is 0 Å². The van der Waals surface area contributed by atoms with Crippen molar-refractivity contribution < 1.29 is 92.2 Å². The summed E-state index contributed by atoms with van der Waals surface area (Å²) in [4.78, 5) is 183. The number of aliphatic hydroxyl groups is 4. The van der Waals surface area contributed by atoms with Crippen LogP contribution >= 0.6 is 0 Å². The lowest BCUT2D eigenvalue weighted by molar-refractivity contribution is -0.159. The van der Waals surface area contributed by atoms with Crippen molar-refractivity contribution in [3.8, 4) is 0 Å². The van der Waals surface area contributed by atoms with Crippen molar-refractivity contribution in [2.45, 2.75) is 179 Å². The predicted octanol–water partition coefficient (Wildman–Crippen LogP) is -5.41. The van der Waals surface area contributed by atoms with Crippen LogP contribution in [0.3, 0.4) is 0 Å². The highest BCUT2D eigenvalue weighted by molar-refractivity contribution is 6.00. The molecule has 22 N–H and O–H groups in total. The van der Waals surface area contributed by atoms with Crippen LogP contribution in [0.25, 0.3) is 0 Å². The van der Waals surface area contributed by atoms with Gasteiger partial charge in [0.15, 0.2) is 24.2 Å². The summed E-state index contributed by atoms with van der Waals surface area (Å²) in [6.07, 6.45) is -8.61. The Bertz CT molecular complexity index is 3010. The lowest BCUT2D eigenvalue weighted by Gasteiger charge is -2.33. The number of hydrogen-bond donors (Lipinski definition) is 19. The van der Waals surface area contributed by atoms with Gasteiger partial charge in [0.25, 0.3) is 0 Å². The number of primary amides is 1. The number of aliphatic hydroxyl groups excluding tert-OH is 4. The second-order valence-corrected chi connectivity index (χ2v) is 24.4. The van der Waals surface area contributed by atoms with Crippen LogP contribution in [0.1, 0.15) is 116 Å². The first-order valence-electron chi connectivity index (χ1n) is 31.4. The number of amides is 11. The van der Waals surface area contributed by atoms with Crippen LogP contribution < -0.4 is 75.7 Å². The molecule has 1 aliphatic rings. The first kappa shape index (κ1) is 80.9. The van der Waals surface area contributed by atoms with Gasteiger partial charge in [-0.3, -0.25) is 58.1 Å². The van der Waals surface area contributed by atoms with Gasteiger partial charge in [-0.25, -0.2) is 9.59 Å². The second-order valence-electron chi connectivity index (χ2n) is 24.4. The standard InChI is InChI=1S/C62H95N15O19/c1-10-32(8)42-56(89)75-43(33(9)79)55(88)68-26-41(80)73-45(48(82)50(64)83)58(91)72-40(27-78)61(94)96-49(34-18-13-11-14-19-34)46(77-54(87)39(25-30(4)5)70-51(84)36(63)28-95-60(93)35-20-15-12-16-21-35)59(92)76-44(47(81)31(6)7)57(90)71-38(24-29(2)3)53(86)69-37(52(85)74-42)22-17-23-67-62(65)66/h11-16,18-21,29-33,36-40,42-49,78-79,81-82H,10,17,22-28,63H2,1-9H3,(H2,64,83)(H,68,88)(H,69,86)(H,70,84)(H,71,90)(H,72,91)(H,73,80)(H,74,85)(H,75,89)(H,76,92)(H,77,87)(H4,65,66,67)/t32-,33-,36+,37+,38-,39-,40-,42?,43?,44-,45-,46-,47+,48-,49+/m0/s1. The van der Waals surface area contributed by atoms with Crippen molar-refractivity contribution in [3.05, 3.63) is 71.8 Å². The van der Waals surface area contributed by atoms with Crippen LogP contribution in [0.2, 0.25) is 0 Å². The molecule has 2 unspecified atom stereocenters. The van der Waals surface area contributed by atoms with E-state index < -0.39 is 211 Å². The van der Waals surface area contributed by atoms with Crippen molar-refractivity contribution in [1.29, 1.82) is 5.41 Å². The number of guanidine groups is 1. The largest absolute Gasteiger partial charge is 0.460 e. The van der Waals surface area contributed by atoms with Gasteiger partial charge in [-0.1, -0.05) is 110 Å². The number of ether oxygens (including phenoxy) is 2.